The van der Waals surface area contributed by atoms with E-state index in [4.69, 9.17) is 0 Å². The van der Waals surface area contributed by atoms with Crippen LogP contribution in [0.4, 0.5) is 0 Å². The standard InChI is InChI=1S/C13H18N2O4S2/c1-19-12(16)11-13(20-7-14-11)21(17,18)15-6-10(8-2-3-8)9-4-5-9/h7-10,15H,2-6H2,1H3. The number of sulfonamides is 1. The molecular formula is C13H18N2O4S2. The van der Waals surface area contributed by atoms with Gasteiger partial charge in [-0.05, 0) is 43.4 Å². The molecule has 0 bridgehead atoms. The third kappa shape index (κ3) is 3.27. The molecule has 1 N–H and O–H groups in total. The molecule has 0 amide bonds. The number of thiazole rings is 1. The maximum atomic E-state index is 12.4. The van der Waals surface area contributed by atoms with Crippen LogP contribution in [-0.2, 0) is 14.8 Å². The van der Waals surface area contributed by atoms with E-state index >= 15 is 0 Å². The van der Waals surface area contributed by atoms with Crippen LogP contribution in [0.1, 0.15) is 36.2 Å². The van der Waals surface area contributed by atoms with E-state index in [0.29, 0.717) is 24.3 Å². The molecule has 0 saturated heterocycles. The van der Waals surface area contributed by atoms with Crippen molar-refractivity contribution < 1.29 is 17.9 Å². The Balaban J connectivity index is 1.71. The van der Waals surface area contributed by atoms with Crippen molar-refractivity contribution in [3.63, 3.8) is 0 Å². The number of carbonyl (C=O) groups is 1. The van der Waals surface area contributed by atoms with Crippen LogP contribution in [0.5, 0.6) is 0 Å². The van der Waals surface area contributed by atoms with E-state index in [1.807, 2.05) is 0 Å². The molecule has 0 spiro atoms. The average molecular weight is 330 g/mol. The van der Waals surface area contributed by atoms with Crippen LogP contribution >= 0.6 is 11.3 Å². The van der Waals surface area contributed by atoms with Gasteiger partial charge in [-0.3, -0.25) is 0 Å². The molecular weight excluding hydrogens is 312 g/mol. The molecule has 0 unspecified atom stereocenters. The normalized spacial score (nSPS) is 19.0. The van der Waals surface area contributed by atoms with Crippen LogP contribution in [0.2, 0.25) is 0 Å². The minimum atomic E-state index is -3.70. The number of hydrogen-bond acceptors (Lipinski definition) is 6. The summed E-state index contributed by atoms with van der Waals surface area (Å²) < 4.78 is 31.9. The molecule has 3 rings (SSSR count). The quantitative estimate of drug-likeness (QED) is 0.768. The van der Waals surface area contributed by atoms with Gasteiger partial charge in [-0.15, -0.1) is 11.3 Å². The highest BCUT2D eigenvalue weighted by atomic mass is 32.2. The lowest BCUT2D eigenvalue weighted by Gasteiger charge is -2.16. The van der Waals surface area contributed by atoms with Gasteiger partial charge in [0, 0.05) is 6.54 Å². The molecule has 0 atom stereocenters. The molecule has 21 heavy (non-hydrogen) atoms. The zero-order chi connectivity index (χ0) is 15.0. The van der Waals surface area contributed by atoms with E-state index in [9.17, 15) is 13.2 Å². The fourth-order valence-electron chi connectivity index (χ4n) is 2.70. The van der Waals surface area contributed by atoms with Gasteiger partial charge in [0.1, 0.15) is 0 Å². The molecule has 2 aliphatic carbocycles. The number of methoxy groups -OCH3 is 1. The second-order valence-electron chi connectivity index (χ2n) is 5.67. The highest BCUT2D eigenvalue weighted by molar-refractivity contribution is 7.91. The summed E-state index contributed by atoms with van der Waals surface area (Å²) >= 11 is 0.937. The summed E-state index contributed by atoms with van der Waals surface area (Å²) in [6.45, 7) is 0.455. The zero-order valence-corrected chi connectivity index (χ0v) is 13.4. The smallest absolute Gasteiger partial charge is 0.358 e. The van der Waals surface area contributed by atoms with Gasteiger partial charge < -0.3 is 4.74 Å². The van der Waals surface area contributed by atoms with Gasteiger partial charge in [0.25, 0.3) is 10.0 Å². The summed E-state index contributed by atoms with van der Waals surface area (Å²) in [7, 11) is -2.49. The Kier molecular flexibility index (Phi) is 4.02. The fraction of sp³-hybridized carbons (Fsp3) is 0.692. The van der Waals surface area contributed by atoms with Crippen molar-refractivity contribution in [2.45, 2.75) is 29.9 Å². The highest BCUT2D eigenvalue weighted by Crippen LogP contribution is 2.48. The van der Waals surface area contributed by atoms with Crippen LogP contribution in [0.25, 0.3) is 0 Å². The lowest BCUT2D eigenvalue weighted by atomic mass is 9.99. The van der Waals surface area contributed by atoms with E-state index in [0.717, 1.165) is 11.3 Å². The van der Waals surface area contributed by atoms with Crippen molar-refractivity contribution in [1.29, 1.82) is 0 Å². The van der Waals surface area contributed by atoms with Crippen LogP contribution in [0.3, 0.4) is 0 Å². The van der Waals surface area contributed by atoms with Gasteiger partial charge in [-0.1, -0.05) is 0 Å². The number of aromatic nitrogens is 1. The molecule has 1 heterocycles. The van der Waals surface area contributed by atoms with Gasteiger partial charge in [-0.25, -0.2) is 22.9 Å². The van der Waals surface area contributed by atoms with E-state index < -0.39 is 16.0 Å². The minimum Gasteiger partial charge on any atom is -0.464 e. The topological polar surface area (TPSA) is 85.4 Å². The molecule has 2 saturated carbocycles. The number of esters is 1. The molecule has 116 valence electrons. The monoisotopic (exact) mass is 330 g/mol. The van der Waals surface area contributed by atoms with Crippen LogP contribution < -0.4 is 4.72 Å². The van der Waals surface area contributed by atoms with Crippen molar-refractivity contribution in [3.05, 3.63) is 11.2 Å². The Hall–Kier alpha value is -0.990. The first kappa shape index (κ1) is 14.9. The molecule has 0 aliphatic heterocycles. The van der Waals surface area contributed by atoms with Crippen molar-refractivity contribution in [2.24, 2.45) is 17.8 Å². The molecule has 6 nitrogen and oxygen atoms in total. The van der Waals surface area contributed by atoms with Crippen molar-refractivity contribution >= 4 is 27.3 Å². The summed E-state index contributed by atoms with van der Waals surface area (Å²) in [5.74, 6) is 1.05. The third-order valence-corrected chi connectivity index (χ3v) is 6.92. The largest absolute Gasteiger partial charge is 0.464 e. The Morgan fingerprint density at radius 1 is 1.43 bits per heavy atom. The minimum absolute atomic E-state index is 0.0558. The zero-order valence-electron chi connectivity index (χ0n) is 11.7. The summed E-state index contributed by atoms with van der Waals surface area (Å²) in [6.07, 6.45) is 4.82. The average Bonchev–Trinajstić information content (AvgIpc) is 3.38. The SMILES string of the molecule is COC(=O)c1ncsc1S(=O)(=O)NCC(C1CC1)C1CC1. The van der Waals surface area contributed by atoms with Gasteiger partial charge >= 0.3 is 5.97 Å². The first-order valence-corrected chi connectivity index (χ1v) is 9.40. The van der Waals surface area contributed by atoms with E-state index in [1.54, 1.807) is 0 Å². The Labute approximate surface area is 128 Å². The summed E-state index contributed by atoms with van der Waals surface area (Å²) in [5.41, 5.74) is 1.21. The van der Waals surface area contributed by atoms with Crippen molar-refractivity contribution in [1.82, 2.24) is 9.71 Å². The molecule has 1 aromatic rings. The fourth-order valence-corrected chi connectivity index (χ4v) is 4.94. The number of rotatable bonds is 7. The number of hydrogen-bond donors (Lipinski definition) is 1. The van der Waals surface area contributed by atoms with Crippen molar-refractivity contribution in [2.75, 3.05) is 13.7 Å². The molecule has 0 aromatic carbocycles. The summed E-state index contributed by atoms with van der Waals surface area (Å²) in [5, 5.41) is 0. The van der Waals surface area contributed by atoms with Gasteiger partial charge in [0.2, 0.25) is 0 Å². The summed E-state index contributed by atoms with van der Waals surface area (Å²) in [4.78, 5) is 15.3. The number of carbonyl (C=O) groups excluding carboxylic acids is 1. The van der Waals surface area contributed by atoms with Crippen LogP contribution in [0, 0.1) is 17.8 Å². The molecule has 8 heteroatoms. The van der Waals surface area contributed by atoms with Gasteiger partial charge in [0.15, 0.2) is 9.90 Å². The second-order valence-corrected chi connectivity index (χ2v) is 8.49. The summed E-state index contributed by atoms with van der Waals surface area (Å²) in [6, 6.07) is 0. The lowest BCUT2D eigenvalue weighted by molar-refractivity contribution is 0.0590. The maximum absolute atomic E-state index is 12.4. The maximum Gasteiger partial charge on any atom is 0.358 e. The van der Waals surface area contributed by atoms with Crippen LogP contribution in [0.15, 0.2) is 9.72 Å². The molecule has 1 aromatic heterocycles. The number of ether oxygens (including phenoxy) is 1. The molecule has 0 radical (unpaired) electrons. The van der Waals surface area contributed by atoms with E-state index in [1.165, 1.54) is 38.3 Å². The highest BCUT2D eigenvalue weighted by Gasteiger charge is 2.42. The predicted octanol–water partition coefficient (Wildman–Crippen LogP) is 1.64. The number of nitrogens with zero attached hydrogens (tertiary/aromatic N) is 1. The Morgan fingerprint density at radius 3 is 2.57 bits per heavy atom. The van der Waals surface area contributed by atoms with Crippen LogP contribution in [-0.4, -0.2) is 33.0 Å². The molecule has 2 aliphatic rings. The first-order chi connectivity index (χ1) is 10.0. The van der Waals surface area contributed by atoms with Crippen molar-refractivity contribution in [3.8, 4) is 0 Å². The predicted molar refractivity (Wildman–Crippen MR) is 77.6 cm³/mol. The number of nitrogens with one attached hydrogen (secondary N) is 1. The molecule has 2 fully saturated rings. The van der Waals surface area contributed by atoms with E-state index in [-0.39, 0.29) is 9.90 Å². The Bertz CT molecular complexity index is 620. The van der Waals surface area contributed by atoms with E-state index in [2.05, 4.69) is 14.4 Å². The van der Waals surface area contributed by atoms with Gasteiger partial charge in [0.05, 0.1) is 12.6 Å². The Morgan fingerprint density at radius 2 is 2.05 bits per heavy atom. The van der Waals surface area contributed by atoms with Gasteiger partial charge in [-0.2, -0.15) is 0 Å². The first-order valence-electron chi connectivity index (χ1n) is 7.04. The third-order valence-electron chi connectivity index (χ3n) is 4.12. The lowest BCUT2D eigenvalue weighted by Crippen LogP contribution is -2.31. The second kappa shape index (κ2) is 5.66.